The lowest BCUT2D eigenvalue weighted by atomic mass is 9.92. The Kier molecular flexibility index (Phi) is 4.69. The zero-order chi connectivity index (χ0) is 16.6. The van der Waals surface area contributed by atoms with Gasteiger partial charge in [0.1, 0.15) is 31.1 Å². The molecule has 9 heteroatoms. The summed E-state index contributed by atoms with van der Waals surface area (Å²) >= 11 is 0. The van der Waals surface area contributed by atoms with Gasteiger partial charge in [0.25, 0.3) is 0 Å². The normalized spacial score (nSPS) is 35.9. The third kappa shape index (κ3) is 2.67. The van der Waals surface area contributed by atoms with Crippen molar-refractivity contribution in [3.05, 3.63) is 0 Å². The van der Waals surface area contributed by atoms with E-state index < -0.39 is 48.3 Å². The second-order valence-corrected chi connectivity index (χ2v) is 5.61. The molecule has 0 aromatic heterocycles. The van der Waals surface area contributed by atoms with Gasteiger partial charge in [0.05, 0.1) is 12.0 Å². The van der Waals surface area contributed by atoms with Crippen LogP contribution < -0.4 is 5.32 Å². The highest BCUT2D eigenvalue weighted by molar-refractivity contribution is 6.37. The van der Waals surface area contributed by atoms with Crippen molar-refractivity contribution in [3.8, 4) is 0 Å². The molecule has 2 fully saturated rings. The maximum absolute atomic E-state index is 11.9. The van der Waals surface area contributed by atoms with Gasteiger partial charge in [-0.15, -0.1) is 0 Å². The van der Waals surface area contributed by atoms with Crippen LogP contribution in [0.25, 0.3) is 0 Å². The number of rotatable bonds is 4. The van der Waals surface area contributed by atoms with Gasteiger partial charge in [-0.3, -0.25) is 14.4 Å². The molecule has 0 saturated carbocycles. The molecule has 9 nitrogen and oxygen atoms in total. The highest BCUT2D eigenvalue weighted by atomic mass is 16.5. The van der Waals surface area contributed by atoms with E-state index in [0.717, 1.165) is 4.90 Å². The van der Waals surface area contributed by atoms with Crippen molar-refractivity contribution in [2.75, 3.05) is 6.61 Å². The van der Waals surface area contributed by atoms with E-state index in [2.05, 4.69) is 5.32 Å². The molecule has 2 heterocycles. The smallest absolute Gasteiger partial charge is 0.314 e. The molecule has 22 heavy (non-hydrogen) atoms. The van der Waals surface area contributed by atoms with Crippen LogP contribution in [0, 0.1) is 5.92 Å². The molecule has 0 bridgehead atoms. The summed E-state index contributed by atoms with van der Waals surface area (Å²) in [5.74, 6) is -2.73. The van der Waals surface area contributed by atoms with E-state index in [-0.39, 0.29) is 12.5 Å². The maximum atomic E-state index is 11.9. The van der Waals surface area contributed by atoms with Gasteiger partial charge in [0.2, 0.25) is 0 Å². The molecule has 2 rings (SSSR count). The Hall–Kier alpha value is -1.71. The molecule has 124 valence electrons. The second-order valence-electron chi connectivity index (χ2n) is 5.61. The summed E-state index contributed by atoms with van der Waals surface area (Å²) in [5.41, 5.74) is 0. The number of carbonyl (C=O) groups is 3. The van der Waals surface area contributed by atoms with Crippen molar-refractivity contribution in [1.29, 1.82) is 0 Å². The fraction of sp³-hybridized carbons (Fsp3) is 0.769. The number of aliphatic hydroxyl groups is 3. The molecule has 0 aromatic rings. The first kappa shape index (κ1) is 16.7. The number of piperidine rings is 1. The number of fused-ring (bicyclic) bond motifs is 1. The molecule has 0 aliphatic carbocycles. The second kappa shape index (κ2) is 6.19. The number of hydrogen-bond donors (Lipinski definition) is 4. The Balaban J connectivity index is 2.15. The van der Waals surface area contributed by atoms with Crippen LogP contribution >= 0.6 is 0 Å². The number of nitrogens with one attached hydrogen (secondary N) is 1. The van der Waals surface area contributed by atoms with Crippen molar-refractivity contribution in [3.63, 3.8) is 0 Å². The number of amides is 2. The average molecular weight is 316 g/mol. The van der Waals surface area contributed by atoms with Crippen LogP contribution in [-0.4, -0.2) is 75.1 Å². The number of nitrogens with zero attached hydrogens (tertiary/aromatic N) is 1. The number of carbonyl (C=O) groups excluding carboxylic acids is 3. The molecule has 2 aliphatic rings. The van der Waals surface area contributed by atoms with E-state index in [4.69, 9.17) is 4.74 Å². The Morgan fingerprint density at radius 2 is 1.91 bits per heavy atom. The van der Waals surface area contributed by atoms with Crippen LogP contribution in [0.15, 0.2) is 0 Å². The summed E-state index contributed by atoms with van der Waals surface area (Å²) in [6.07, 6.45) is -5.20. The van der Waals surface area contributed by atoms with Crippen LogP contribution in [-0.2, 0) is 19.1 Å². The summed E-state index contributed by atoms with van der Waals surface area (Å²) in [6, 6.07) is -1.11. The molecule has 2 aliphatic heterocycles. The number of esters is 1. The topological polar surface area (TPSA) is 136 Å². The molecule has 2 saturated heterocycles. The van der Waals surface area contributed by atoms with Gasteiger partial charge in [0.15, 0.2) is 0 Å². The van der Waals surface area contributed by atoms with Gasteiger partial charge >= 0.3 is 17.8 Å². The lowest BCUT2D eigenvalue weighted by Crippen LogP contribution is -2.68. The van der Waals surface area contributed by atoms with Crippen molar-refractivity contribution in [2.24, 2.45) is 5.92 Å². The molecular weight excluding hydrogens is 296 g/mol. The highest BCUT2D eigenvalue weighted by Crippen LogP contribution is 2.27. The van der Waals surface area contributed by atoms with E-state index in [0.29, 0.717) is 6.42 Å². The minimum atomic E-state index is -1.57. The molecule has 0 radical (unpaired) electrons. The summed E-state index contributed by atoms with van der Waals surface area (Å²) in [5, 5.41) is 31.9. The summed E-state index contributed by atoms with van der Waals surface area (Å²) < 4.78 is 5.06. The molecule has 4 N–H and O–H groups in total. The summed E-state index contributed by atoms with van der Waals surface area (Å²) in [6.45, 7) is 3.11. The minimum Gasteiger partial charge on any atom is -0.463 e. The van der Waals surface area contributed by atoms with E-state index in [1.54, 1.807) is 6.92 Å². The molecule has 0 spiro atoms. The first-order chi connectivity index (χ1) is 10.3. The molecule has 0 aromatic carbocycles. The van der Waals surface area contributed by atoms with Crippen molar-refractivity contribution < 1.29 is 34.4 Å². The van der Waals surface area contributed by atoms with Gasteiger partial charge in [-0.1, -0.05) is 13.8 Å². The fourth-order valence-corrected chi connectivity index (χ4v) is 2.55. The Bertz CT molecular complexity index is 483. The van der Waals surface area contributed by atoms with Crippen molar-refractivity contribution >= 4 is 17.8 Å². The van der Waals surface area contributed by atoms with E-state index in [1.165, 1.54) is 0 Å². The van der Waals surface area contributed by atoms with Gasteiger partial charge in [-0.05, 0) is 6.42 Å². The molecule has 2 amide bonds. The zero-order valence-electron chi connectivity index (χ0n) is 12.3. The summed E-state index contributed by atoms with van der Waals surface area (Å²) in [7, 11) is 0. The molecular formula is C13H20N2O7. The highest BCUT2D eigenvalue weighted by Gasteiger charge is 2.55. The van der Waals surface area contributed by atoms with E-state index in [9.17, 15) is 29.7 Å². The zero-order valence-corrected chi connectivity index (χ0v) is 12.3. The van der Waals surface area contributed by atoms with Crippen LogP contribution in [0.2, 0.25) is 0 Å². The number of aliphatic hydroxyl groups excluding tert-OH is 3. The van der Waals surface area contributed by atoms with Crippen LogP contribution in [0.5, 0.6) is 0 Å². The van der Waals surface area contributed by atoms with Gasteiger partial charge < -0.3 is 30.3 Å². The average Bonchev–Trinajstić information content (AvgIpc) is 2.80. The first-order valence-electron chi connectivity index (χ1n) is 7.13. The van der Waals surface area contributed by atoms with Crippen LogP contribution in [0.4, 0.5) is 0 Å². The number of ether oxygens (including phenoxy) is 1. The van der Waals surface area contributed by atoms with Crippen LogP contribution in [0.3, 0.4) is 0 Å². The summed E-state index contributed by atoms with van der Waals surface area (Å²) in [4.78, 5) is 35.9. The fourth-order valence-electron chi connectivity index (χ4n) is 2.55. The standard InChI is InChI=1S/C13H20N2O7/c1-3-5(2)13(21)22-4-6-7(16)8(17)9(18)10-14-11(19)12(20)15(6)10/h5-10,16-18H,3-4H2,1-2H3,(H,14,19)/t5-,6+,7+,8-,9-,10-/m0/s1. The maximum Gasteiger partial charge on any atom is 0.314 e. The van der Waals surface area contributed by atoms with E-state index in [1.807, 2.05) is 6.92 Å². The largest absolute Gasteiger partial charge is 0.463 e. The number of hydrogen-bond acceptors (Lipinski definition) is 7. The van der Waals surface area contributed by atoms with E-state index >= 15 is 0 Å². The Morgan fingerprint density at radius 3 is 2.50 bits per heavy atom. The van der Waals surface area contributed by atoms with Gasteiger partial charge in [-0.25, -0.2) is 0 Å². The Labute approximate surface area is 126 Å². The quantitative estimate of drug-likeness (QED) is 0.328. The first-order valence-corrected chi connectivity index (χ1v) is 7.13. The van der Waals surface area contributed by atoms with Gasteiger partial charge in [-0.2, -0.15) is 0 Å². The third-order valence-corrected chi connectivity index (χ3v) is 4.19. The SMILES string of the molecule is CC[C@H](C)C(=O)OC[C@@H]1[C@@H](O)[C@H](O)[C@H](O)[C@H]2NC(=O)C(=O)N12. The lowest BCUT2D eigenvalue weighted by Gasteiger charge is -2.44. The Morgan fingerprint density at radius 1 is 1.27 bits per heavy atom. The van der Waals surface area contributed by atoms with Crippen molar-refractivity contribution in [1.82, 2.24) is 10.2 Å². The van der Waals surface area contributed by atoms with Crippen molar-refractivity contribution in [2.45, 2.75) is 50.8 Å². The molecule has 0 unspecified atom stereocenters. The minimum absolute atomic E-state index is 0.346. The monoisotopic (exact) mass is 316 g/mol. The molecule has 6 atom stereocenters. The third-order valence-electron chi connectivity index (χ3n) is 4.19. The predicted octanol–water partition coefficient (Wildman–Crippen LogP) is -2.67. The predicted molar refractivity (Wildman–Crippen MR) is 71.0 cm³/mol. The van der Waals surface area contributed by atoms with Crippen LogP contribution in [0.1, 0.15) is 20.3 Å². The lowest BCUT2D eigenvalue weighted by molar-refractivity contribution is -0.182. The van der Waals surface area contributed by atoms with Gasteiger partial charge in [0, 0.05) is 0 Å².